The smallest absolute Gasteiger partial charge is 0.437 e. The Bertz CT molecular complexity index is 376. The second kappa shape index (κ2) is 3.80. The van der Waals surface area contributed by atoms with Crippen LogP contribution in [-0.4, -0.2) is 11.1 Å². The molecule has 0 saturated heterocycles. The highest BCUT2D eigenvalue weighted by molar-refractivity contribution is 14.1. The molecule has 0 amide bonds. The topological polar surface area (TPSA) is 22.1 Å². The number of rotatable bonds is 2. The van der Waals surface area contributed by atoms with Crippen molar-refractivity contribution in [2.75, 3.05) is 0 Å². The van der Waals surface area contributed by atoms with Crippen molar-refractivity contribution < 1.29 is 17.9 Å². The van der Waals surface area contributed by atoms with Gasteiger partial charge in [0.05, 0.1) is 6.10 Å². The van der Waals surface area contributed by atoms with Gasteiger partial charge in [-0.25, -0.2) is 4.98 Å². The second-order valence-electron chi connectivity index (χ2n) is 3.30. The number of pyridine rings is 1. The molecule has 2 rings (SSSR count). The van der Waals surface area contributed by atoms with Gasteiger partial charge in [0.25, 0.3) is 0 Å². The van der Waals surface area contributed by atoms with Crippen LogP contribution in [0.4, 0.5) is 13.2 Å². The summed E-state index contributed by atoms with van der Waals surface area (Å²) in [6.45, 7) is 0. The first-order chi connectivity index (χ1) is 6.97. The van der Waals surface area contributed by atoms with Crippen LogP contribution in [0.15, 0.2) is 12.1 Å². The predicted molar refractivity (Wildman–Crippen MR) is 55.6 cm³/mol. The Morgan fingerprint density at radius 2 is 2.00 bits per heavy atom. The fraction of sp³-hybridized carbons (Fsp3) is 0.444. The Hall–Kier alpha value is -0.530. The summed E-state index contributed by atoms with van der Waals surface area (Å²) in [4.78, 5) is 3.46. The van der Waals surface area contributed by atoms with Crippen LogP contribution in [0, 0.1) is 3.70 Å². The lowest BCUT2D eigenvalue weighted by Crippen LogP contribution is -2.12. The lowest BCUT2D eigenvalue weighted by Gasteiger charge is -2.12. The van der Waals surface area contributed by atoms with Crippen molar-refractivity contribution in [3.63, 3.8) is 0 Å². The van der Waals surface area contributed by atoms with Crippen LogP contribution in [0.1, 0.15) is 18.5 Å². The summed E-state index contributed by atoms with van der Waals surface area (Å²) < 4.78 is 43.1. The molecule has 6 heteroatoms. The number of alkyl halides is 3. The molecule has 0 N–H and O–H groups in total. The standard InChI is InChI=1S/C9H7F3INO/c10-9(11,12)8-6(15-5-1-2-5)3-4-7(13)14-8/h3-5H,1-2H2. The van der Waals surface area contributed by atoms with E-state index in [2.05, 4.69) is 4.98 Å². The summed E-state index contributed by atoms with van der Waals surface area (Å²) in [5.41, 5.74) is -0.929. The SMILES string of the molecule is FC(F)(F)c1nc(I)ccc1OC1CC1. The monoisotopic (exact) mass is 329 g/mol. The summed E-state index contributed by atoms with van der Waals surface area (Å²) in [5, 5.41) is 0. The average molecular weight is 329 g/mol. The van der Waals surface area contributed by atoms with Gasteiger partial charge < -0.3 is 4.74 Å². The lowest BCUT2D eigenvalue weighted by atomic mass is 10.3. The molecule has 1 aromatic heterocycles. The fourth-order valence-corrected chi connectivity index (χ4v) is 1.51. The molecule has 0 unspecified atom stereocenters. The van der Waals surface area contributed by atoms with Gasteiger partial charge in [0.15, 0.2) is 11.4 Å². The van der Waals surface area contributed by atoms with Crippen LogP contribution in [0.5, 0.6) is 5.75 Å². The summed E-state index contributed by atoms with van der Waals surface area (Å²) in [6.07, 6.45) is -2.87. The van der Waals surface area contributed by atoms with E-state index in [-0.39, 0.29) is 11.9 Å². The number of halogens is 4. The highest BCUT2D eigenvalue weighted by atomic mass is 127. The molecule has 1 heterocycles. The highest BCUT2D eigenvalue weighted by Crippen LogP contribution is 2.37. The molecule has 82 valence electrons. The summed E-state index contributed by atoms with van der Waals surface area (Å²) >= 11 is 1.74. The molecule has 0 atom stereocenters. The second-order valence-corrected chi connectivity index (χ2v) is 4.40. The first-order valence-electron chi connectivity index (χ1n) is 4.37. The van der Waals surface area contributed by atoms with Crippen LogP contribution in [0.3, 0.4) is 0 Å². The van der Waals surface area contributed by atoms with E-state index >= 15 is 0 Å². The van der Waals surface area contributed by atoms with E-state index < -0.39 is 11.9 Å². The summed E-state index contributed by atoms with van der Waals surface area (Å²) in [7, 11) is 0. The Balaban J connectivity index is 2.34. The zero-order valence-electron chi connectivity index (χ0n) is 7.51. The van der Waals surface area contributed by atoms with E-state index in [1.54, 1.807) is 22.6 Å². The van der Waals surface area contributed by atoms with Gasteiger partial charge in [-0.3, -0.25) is 0 Å². The normalized spacial score (nSPS) is 16.5. The molecule has 0 aromatic carbocycles. The fourth-order valence-electron chi connectivity index (χ4n) is 1.09. The summed E-state index contributed by atoms with van der Waals surface area (Å²) in [6, 6.07) is 2.84. The predicted octanol–water partition coefficient (Wildman–Crippen LogP) is 3.25. The van der Waals surface area contributed by atoms with Crippen molar-refractivity contribution in [1.29, 1.82) is 0 Å². The summed E-state index contributed by atoms with van der Waals surface area (Å²) in [5.74, 6) is -0.162. The average Bonchev–Trinajstić information content (AvgIpc) is 2.90. The van der Waals surface area contributed by atoms with Crippen molar-refractivity contribution in [3.05, 3.63) is 21.5 Å². The van der Waals surface area contributed by atoms with Gasteiger partial charge in [-0.15, -0.1) is 0 Å². The van der Waals surface area contributed by atoms with Gasteiger partial charge in [0.1, 0.15) is 3.70 Å². The molecule has 1 aliphatic carbocycles. The molecular weight excluding hydrogens is 322 g/mol. The van der Waals surface area contributed by atoms with Gasteiger partial charge in [-0.1, -0.05) is 0 Å². The lowest BCUT2D eigenvalue weighted by molar-refractivity contribution is -0.142. The van der Waals surface area contributed by atoms with Crippen LogP contribution >= 0.6 is 22.6 Å². The molecule has 2 nitrogen and oxygen atoms in total. The maximum Gasteiger partial charge on any atom is 0.437 e. The van der Waals surface area contributed by atoms with Crippen molar-refractivity contribution >= 4 is 22.6 Å². The van der Waals surface area contributed by atoms with E-state index in [1.165, 1.54) is 12.1 Å². The highest BCUT2D eigenvalue weighted by Gasteiger charge is 2.38. The number of hydrogen-bond donors (Lipinski definition) is 0. The number of aromatic nitrogens is 1. The van der Waals surface area contributed by atoms with Crippen LogP contribution < -0.4 is 4.74 Å². The molecule has 0 bridgehead atoms. The van der Waals surface area contributed by atoms with E-state index in [4.69, 9.17) is 4.74 Å². The van der Waals surface area contributed by atoms with E-state index in [1.807, 2.05) is 0 Å². The molecule has 1 aromatic rings. The third-order valence-corrected chi connectivity index (χ3v) is 2.51. The van der Waals surface area contributed by atoms with Crippen molar-refractivity contribution in [2.45, 2.75) is 25.1 Å². The van der Waals surface area contributed by atoms with Gasteiger partial charge in [-0.2, -0.15) is 13.2 Å². The zero-order valence-corrected chi connectivity index (χ0v) is 9.67. The van der Waals surface area contributed by atoms with Crippen molar-refractivity contribution in [1.82, 2.24) is 4.98 Å². The van der Waals surface area contributed by atoms with Crippen LogP contribution in [0.2, 0.25) is 0 Å². The molecule has 1 fully saturated rings. The first kappa shape index (κ1) is 11.0. The van der Waals surface area contributed by atoms with Gasteiger partial charge in [-0.05, 0) is 47.6 Å². The third-order valence-electron chi connectivity index (χ3n) is 1.91. The molecule has 0 radical (unpaired) electrons. The Morgan fingerprint density at radius 1 is 1.33 bits per heavy atom. The van der Waals surface area contributed by atoms with Gasteiger partial charge in [0, 0.05) is 0 Å². The Kier molecular flexibility index (Phi) is 2.78. The Labute approximate surface area is 98.0 Å². The van der Waals surface area contributed by atoms with Crippen molar-refractivity contribution in [2.24, 2.45) is 0 Å². The van der Waals surface area contributed by atoms with Crippen molar-refractivity contribution in [3.8, 4) is 5.75 Å². The maximum absolute atomic E-state index is 12.6. The third kappa shape index (κ3) is 2.73. The molecule has 15 heavy (non-hydrogen) atoms. The zero-order chi connectivity index (χ0) is 11.1. The maximum atomic E-state index is 12.6. The van der Waals surface area contributed by atoms with E-state index in [9.17, 15) is 13.2 Å². The largest absolute Gasteiger partial charge is 0.488 e. The minimum atomic E-state index is -4.45. The quantitative estimate of drug-likeness (QED) is 0.614. The number of ether oxygens (including phenoxy) is 1. The minimum absolute atomic E-state index is 0.0621. The first-order valence-corrected chi connectivity index (χ1v) is 5.45. The van der Waals surface area contributed by atoms with Crippen LogP contribution in [0.25, 0.3) is 0 Å². The molecular formula is C9H7F3INO. The van der Waals surface area contributed by atoms with Crippen LogP contribution in [-0.2, 0) is 6.18 Å². The molecule has 0 aliphatic heterocycles. The minimum Gasteiger partial charge on any atom is -0.488 e. The van der Waals surface area contributed by atoms with E-state index in [0.29, 0.717) is 3.70 Å². The number of nitrogens with zero attached hydrogens (tertiary/aromatic N) is 1. The van der Waals surface area contributed by atoms with Gasteiger partial charge in [0.2, 0.25) is 0 Å². The molecule has 0 spiro atoms. The molecule has 1 aliphatic rings. The number of hydrogen-bond acceptors (Lipinski definition) is 2. The van der Waals surface area contributed by atoms with E-state index in [0.717, 1.165) is 12.8 Å². The van der Waals surface area contributed by atoms with Gasteiger partial charge >= 0.3 is 6.18 Å². The Morgan fingerprint density at radius 3 is 2.53 bits per heavy atom. The molecule has 1 saturated carbocycles.